The molecule has 138 valence electrons. The van der Waals surface area contributed by atoms with Crippen molar-refractivity contribution in [2.75, 3.05) is 6.61 Å². The van der Waals surface area contributed by atoms with Crippen LogP contribution in [0.1, 0.15) is 17.0 Å². The molecule has 0 bridgehead atoms. The summed E-state index contributed by atoms with van der Waals surface area (Å²) in [4.78, 5) is 11.2. The summed E-state index contributed by atoms with van der Waals surface area (Å²) in [7, 11) is -2.84. The van der Waals surface area contributed by atoms with E-state index in [-0.39, 0.29) is 5.92 Å². The number of nitrogens with two attached hydrogens (primary N) is 1. The molecule has 3 nitrogen and oxygen atoms in total. The lowest BCUT2D eigenvalue weighted by Gasteiger charge is -2.21. The SMILES string of the molecule is C[Si](C)(C)c1ccc2c(c1)C(COC(N)=O)c1cc([Si](C)(C)C)ccc1-2. The van der Waals surface area contributed by atoms with Crippen LogP contribution in [0.2, 0.25) is 39.3 Å². The standard InChI is InChI=1S/C21H29NO2Si2/c1-25(2,3)14-7-9-16-17-10-8-15(26(4,5)6)12-19(17)20(18(16)11-14)13-24-21(22)23/h7-12,20H,13H2,1-6H3,(H2,22,23). The van der Waals surface area contributed by atoms with Crippen LogP contribution in [0.25, 0.3) is 11.1 Å². The van der Waals surface area contributed by atoms with E-state index in [0.717, 1.165) is 0 Å². The summed E-state index contributed by atoms with van der Waals surface area (Å²) in [5.41, 5.74) is 10.3. The average molecular weight is 384 g/mol. The van der Waals surface area contributed by atoms with Crippen molar-refractivity contribution in [1.29, 1.82) is 0 Å². The Labute approximate surface area is 158 Å². The van der Waals surface area contributed by atoms with Crippen LogP contribution in [0.5, 0.6) is 0 Å². The third kappa shape index (κ3) is 3.51. The highest BCUT2D eigenvalue weighted by Gasteiger charge is 2.32. The number of rotatable bonds is 4. The van der Waals surface area contributed by atoms with E-state index in [9.17, 15) is 4.79 Å². The molecule has 2 aromatic rings. The number of carbonyl (C=O) groups excluding carboxylic acids is 1. The van der Waals surface area contributed by atoms with Crippen molar-refractivity contribution in [2.45, 2.75) is 45.2 Å². The molecule has 0 heterocycles. The predicted octanol–water partition coefficient (Wildman–Crippen LogP) is 3.98. The number of fused-ring (bicyclic) bond motifs is 3. The maximum Gasteiger partial charge on any atom is 0.404 e. The van der Waals surface area contributed by atoms with Gasteiger partial charge in [0.05, 0.1) is 16.1 Å². The minimum absolute atomic E-state index is 0.0695. The van der Waals surface area contributed by atoms with E-state index in [2.05, 4.69) is 75.7 Å². The van der Waals surface area contributed by atoms with E-state index in [4.69, 9.17) is 10.5 Å². The van der Waals surface area contributed by atoms with Crippen molar-refractivity contribution in [3.8, 4) is 11.1 Å². The zero-order valence-corrected chi connectivity index (χ0v) is 18.6. The Morgan fingerprint density at radius 1 is 0.885 bits per heavy atom. The zero-order chi connectivity index (χ0) is 19.3. The first kappa shape index (κ1) is 18.9. The molecule has 0 saturated heterocycles. The van der Waals surface area contributed by atoms with Gasteiger partial charge >= 0.3 is 6.09 Å². The van der Waals surface area contributed by atoms with Gasteiger partial charge in [-0.15, -0.1) is 0 Å². The molecule has 0 unspecified atom stereocenters. The average Bonchev–Trinajstić information content (AvgIpc) is 2.83. The Kier molecular flexibility index (Phi) is 4.65. The second-order valence-electron chi connectivity index (χ2n) is 9.29. The van der Waals surface area contributed by atoms with Gasteiger partial charge in [0, 0.05) is 5.92 Å². The Bertz CT molecular complexity index is 800. The summed E-state index contributed by atoms with van der Waals surface area (Å²) in [5, 5.41) is 2.86. The molecule has 0 saturated carbocycles. The second kappa shape index (κ2) is 6.39. The Balaban J connectivity index is 2.14. The van der Waals surface area contributed by atoms with Crippen molar-refractivity contribution in [1.82, 2.24) is 0 Å². The first-order chi connectivity index (χ1) is 12.0. The number of benzene rings is 2. The maximum atomic E-state index is 11.2. The van der Waals surface area contributed by atoms with Gasteiger partial charge in [-0.05, 0) is 22.3 Å². The molecule has 2 N–H and O–H groups in total. The van der Waals surface area contributed by atoms with Crippen molar-refractivity contribution in [2.24, 2.45) is 5.73 Å². The van der Waals surface area contributed by atoms with Gasteiger partial charge in [-0.25, -0.2) is 4.79 Å². The molecule has 0 aliphatic heterocycles. The Morgan fingerprint density at radius 2 is 1.31 bits per heavy atom. The number of amides is 1. The van der Waals surface area contributed by atoms with Gasteiger partial charge in [-0.1, -0.05) is 86.1 Å². The van der Waals surface area contributed by atoms with Crippen molar-refractivity contribution < 1.29 is 9.53 Å². The van der Waals surface area contributed by atoms with E-state index in [1.807, 2.05) is 0 Å². The van der Waals surface area contributed by atoms with Gasteiger partial charge < -0.3 is 10.5 Å². The smallest absolute Gasteiger partial charge is 0.404 e. The fourth-order valence-electron chi connectivity index (χ4n) is 3.64. The number of hydrogen-bond acceptors (Lipinski definition) is 2. The highest BCUT2D eigenvalue weighted by atomic mass is 28.3. The van der Waals surface area contributed by atoms with Crippen LogP contribution in [0.4, 0.5) is 4.79 Å². The largest absolute Gasteiger partial charge is 0.449 e. The Morgan fingerprint density at radius 3 is 1.65 bits per heavy atom. The highest BCUT2D eigenvalue weighted by molar-refractivity contribution is 6.89. The molecule has 26 heavy (non-hydrogen) atoms. The molecule has 1 amide bonds. The number of primary amides is 1. The van der Waals surface area contributed by atoms with Gasteiger partial charge in [0.25, 0.3) is 0 Å². The predicted molar refractivity (Wildman–Crippen MR) is 115 cm³/mol. The van der Waals surface area contributed by atoms with Crippen LogP contribution >= 0.6 is 0 Å². The second-order valence-corrected chi connectivity index (χ2v) is 19.4. The van der Waals surface area contributed by atoms with Crippen LogP contribution in [0.15, 0.2) is 36.4 Å². The molecular weight excluding hydrogens is 354 g/mol. The molecule has 1 aliphatic rings. The fourth-order valence-corrected chi connectivity index (χ4v) is 5.98. The van der Waals surface area contributed by atoms with Crippen LogP contribution < -0.4 is 16.1 Å². The minimum Gasteiger partial charge on any atom is -0.449 e. The molecule has 2 aromatic carbocycles. The van der Waals surface area contributed by atoms with Crippen LogP contribution in [-0.2, 0) is 4.74 Å². The van der Waals surface area contributed by atoms with E-state index in [1.54, 1.807) is 0 Å². The lowest BCUT2D eigenvalue weighted by Crippen LogP contribution is -2.38. The van der Waals surface area contributed by atoms with Gasteiger partial charge in [0.2, 0.25) is 0 Å². The van der Waals surface area contributed by atoms with E-state index in [0.29, 0.717) is 6.61 Å². The first-order valence-corrected chi connectivity index (χ1v) is 16.2. The summed E-state index contributed by atoms with van der Waals surface area (Å²) in [6.45, 7) is 14.4. The number of carbonyl (C=O) groups is 1. The summed E-state index contributed by atoms with van der Waals surface area (Å²) >= 11 is 0. The highest BCUT2D eigenvalue weighted by Crippen LogP contribution is 2.44. The number of hydrogen-bond donors (Lipinski definition) is 1. The molecule has 0 radical (unpaired) electrons. The molecule has 3 rings (SSSR count). The van der Waals surface area contributed by atoms with Crippen molar-refractivity contribution in [3.05, 3.63) is 47.5 Å². The molecular formula is C21H29NO2Si2. The fraction of sp³-hybridized carbons (Fsp3) is 0.381. The van der Waals surface area contributed by atoms with Gasteiger partial charge in [-0.2, -0.15) is 0 Å². The summed E-state index contributed by atoms with van der Waals surface area (Å²) in [6, 6.07) is 13.7. The summed E-state index contributed by atoms with van der Waals surface area (Å²) in [5.74, 6) is 0.0695. The van der Waals surface area contributed by atoms with Crippen LogP contribution in [0.3, 0.4) is 0 Å². The number of ether oxygens (including phenoxy) is 1. The molecule has 1 aliphatic carbocycles. The minimum atomic E-state index is -1.42. The van der Waals surface area contributed by atoms with Gasteiger partial charge in [0.1, 0.15) is 6.61 Å². The third-order valence-electron chi connectivity index (χ3n) is 5.27. The van der Waals surface area contributed by atoms with Gasteiger partial charge in [-0.3, -0.25) is 0 Å². The summed E-state index contributed by atoms with van der Waals surface area (Å²) < 4.78 is 5.25. The van der Waals surface area contributed by atoms with E-state index < -0.39 is 22.2 Å². The lowest BCUT2D eigenvalue weighted by atomic mass is 9.98. The third-order valence-corrected chi connectivity index (χ3v) is 9.35. The first-order valence-electron chi connectivity index (χ1n) is 9.20. The summed E-state index contributed by atoms with van der Waals surface area (Å²) in [6.07, 6.45) is -0.706. The molecule has 0 atom stereocenters. The topological polar surface area (TPSA) is 52.3 Å². The molecule has 0 spiro atoms. The molecule has 0 aromatic heterocycles. The quantitative estimate of drug-likeness (QED) is 0.812. The molecule has 5 heteroatoms. The van der Waals surface area contributed by atoms with Crippen molar-refractivity contribution >= 4 is 32.6 Å². The van der Waals surface area contributed by atoms with Gasteiger partial charge in [0.15, 0.2) is 0 Å². The Hall–Kier alpha value is -1.86. The van der Waals surface area contributed by atoms with E-state index in [1.165, 1.54) is 32.6 Å². The van der Waals surface area contributed by atoms with Crippen molar-refractivity contribution in [3.63, 3.8) is 0 Å². The monoisotopic (exact) mass is 383 g/mol. The zero-order valence-electron chi connectivity index (χ0n) is 16.6. The maximum absolute atomic E-state index is 11.2. The lowest BCUT2D eigenvalue weighted by molar-refractivity contribution is 0.153. The van der Waals surface area contributed by atoms with Crippen LogP contribution in [0, 0.1) is 0 Å². The van der Waals surface area contributed by atoms with E-state index >= 15 is 0 Å². The molecule has 0 fully saturated rings. The normalized spacial score (nSPS) is 14.1. The van der Waals surface area contributed by atoms with Crippen LogP contribution in [-0.4, -0.2) is 28.8 Å².